The molecule has 1 aromatic carbocycles. The van der Waals surface area contributed by atoms with Gasteiger partial charge in [0.05, 0.1) is 10.6 Å². The summed E-state index contributed by atoms with van der Waals surface area (Å²) in [4.78, 5) is 9.83. The SMILES string of the molecule is NS(=O)(=O)c1ccc(NC=O)c(O)c1. The van der Waals surface area contributed by atoms with Gasteiger partial charge in [-0.3, -0.25) is 4.79 Å². The molecule has 0 spiro atoms. The number of nitrogens with two attached hydrogens (primary N) is 1. The van der Waals surface area contributed by atoms with E-state index < -0.39 is 10.0 Å². The van der Waals surface area contributed by atoms with Crippen LogP contribution in [0, 0.1) is 0 Å². The fourth-order valence-corrected chi connectivity index (χ4v) is 1.41. The monoisotopic (exact) mass is 216 g/mol. The van der Waals surface area contributed by atoms with Crippen molar-refractivity contribution in [2.24, 2.45) is 5.14 Å². The molecule has 1 rings (SSSR count). The van der Waals surface area contributed by atoms with Crippen molar-refractivity contribution in [1.82, 2.24) is 0 Å². The molecule has 7 heteroatoms. The normalized spacial score (nSPS) is 10.9. The molecular formula is C7H8N2O4S. The Hall–Kier alpha value is -1.60. The molecule has 0 heterocycles. The van der Waals surface area contributed by atoms with E-state index in [4.69, 9.17) is 5.14 Å². The number of benzene rings is 1. The number of phenolic OH excluding ortho intramolecular Hbond substituents is 1. The van der Waals surface area contributed by atoms with Gasteiger partial charge in [-0.25, -0.2) is 13.6 Å². The summed E-state index contributed by atoms with van der Waals surface area (Å²) in [6.45, 7) is 0. The lowest BCUT2D eigenvalue weighted by molar-refractivity contribution is -0.105. The van der Waals surface area contributed by atoms with Gasteiger partial charge in [-0.05, 0) is 12.1 Å². The van der Waals surface area contributed by atoms with Gasteiger partial charge >= 0.3 is 0 Å². The zero-order chi connectivity index (χ0) is 10.8. The molecular weight excluding hydrogens is 208 g/mol. The molecule has 76 valence electrons. The minimum Gasteiger partial charge on any atom is -0.506 e. The number of carbonyl (C=O) groups is 1. The third-order valence-electron chi connectivity index (χ3n) is 1.51. The number of primary sulfonamides is 1. The molecule has 0 aliphatic rings. The van der Waals surface area contributed by atoms with Crippen LogP contribution in [0.2, 0.25) is 0 Å². The average molecular weight is 216 g/mol. The van der Waals surface area contributed by atoms with E-state index in [0.29, 0.717) is 6.41 Å². The number of phenols is 1. The summed E-state index contributed by atoms with van der Waals surface area (Å²) in [6.07, 6.45) is 0.367. The molecule has 0 radical (unpaired) electrons. The largest absolute Gasteiger partial charge is 0.506 e. The molecule has 6 nitrogen and oxygen atoms in total. The van der Waals surface area contributed by atoms with Crippen LogP contribution in [0.5, 0.6) is 5.75 Å². The number of anilines is 1. The van der Waals surface area contributed by atoms with Gasteiger partial charge < -0.3 is 10.4 Å². The van der Waals surface area contributed by atoms with Crippen molar-refractivity contribution in [3.05, 3.63) is 18.2 Å². The van der Waals surface area contributed by atoms with Crippen molar-refractivity contribution in [3.63, 3.8) is 0 Å². The Bertz CT molecular complexity index is 455. The predicted octanol–water partition coefficient (Wildman–Crippen LogP) is -0.392. The van der Waals surface area contributed by atoms with Crippen LogP contribution in [-0.2, 0) is 14.8 Å². The standard InChI is InChI=1S/C7H8N2O4S/c8-14(12,13)5-1-2-6(9-4-10)7(11)3-5/h1-4,11H,(H,9,10)(H2,8,12,13). The number of amides is 1. The fourth-order valence-electron chi connectivity index (χ4n) is 0.874. The van der Waals surface area contributed by atoms with E-state index in [-0.39, 0.29) is 16.3 Å². The van der Waals surface area contributed by atoms with Crippen molar-refractivity contribution >= 4 is 22.1 Å². The summed E-state index contributed by atoms with van der Waals surface area (Å²) in [5.74, 6) is -0.358. The van der Waals surface area contributed by atoms with Gasteiger partial charge in [0.25, 0.3) is 0 Å². The zero-order valence-corrected chi connectivity index (χ0v) is 7.78. The topological polar surface area (TPSA) is 109 Å². The Morgan fingerprint density at radius 2 is 2.07 bits per heavy atom. The summed E-state index contributed by atoms with van der Waals surface area (Å²) in [5.41, 5.74) is 0.118. The molecule has 0 atom stereocenters. The van der Waals surface area contributed by atoms with Crippen molar-refractivity contribution < 1.29 is 18.3 Å². The second kappa shape index (κ2) is 3.64. The highest BCUT2D eigenvalue weighted by Gasteiger charge is 2.10. The lowest BCUT2D eigenvalue weighted by atomic mass is 10.3. The maximum Gasteiger partial charge on any atom is 0.238 e. The Labute approximate surface area is 80.4 Å². The second-order valence-corrected chi connectivity index (χ2v) is 4.05. The minimum absolute atomic E-state index is 0.118. The maximum atomic E-state index is 10.8. The van der Waals surface area contributed by atoms with Gasteiger partial charge in [-0.15, -0.1) is 0 Å². The highest BCUT2D eigenvalue weighted by atomic mass is 32.2. The van der Waals surface area contributed by atoms with E-state index in [2.05, 4.69) is 5.32 Å². The molecule has 0 saturated heterocycles. The van der Waals surface area contributed by atoms with Crippen molar-refractivity contribution in [3.8, 4) is 5.75 Å². The molecule has 0 aliphatic carbocycles. The molecule has 4 N–H and O–H groups in total. The average Bonchev–Trinajstić information content (AvgIpc) is 2.07. The molecule has 0 aliphatic heterocycles. The van der Waals surface area contributed by atoms with Crippen LogP contribution in [0.3, 0.4) is 0 Å². The Kier molecular flexibility index (Phi) is 2.73. The van der Waals surface area contributed by atoms with E-state index in [1.54, 1.807) is 0 Å². The minimum atomic E-state index is -3.83. The van der Waals surface area contributed by atoms with Gasteiger partial charge in [0, 0.05) is 6.07 Å². The first-order valence-electron chi connectivity index (χ1n) is 3.51. The molecule has 0 bridgehead atoms. The van der Waals surface area contributed by atoms with Crippen LogP contribution >= 0.6 is 0 Å². The van der Waals surface area contributed by atoms with Crippen LogP contribution < -0.4 is 10.5 Å². The van der Waals surface area contributed by atoms with E-state index in [9.17, 15) is 18.3 Å². The number of rotatable bonds is 3. The van der Waals surface area contributed by atoms with E-state index in [0.717, 1.165) is 6.07 Å². The molecule has 0 fully saturated rings. The van der Waals surface area contributed by atoms with Crippen LogP contribution in [0.25, 0.3) is 0 Å². The van der Waals surface area contributed by atoms with Gasteiger partial charge in [0.2, 0.25) is 16.4 Å². The number of hydrogen-bond donors (Lipinski definition) is 3. The predicted molar refractivity (Wildman–Crippen MR) is 49.2 cm³/mol. The first-order chi connectivity index (χ1) is 6.45. The van der Waals surface area contributed by atoms with Crippen LogP contribution in [-0.4, -0.2) is 19.9 Å². The Morgan fingerprint density at radius 3 is 2.50 bits per heavy atom. The van der Waals surface area contributed by atoms with Crippen molar-refractivity contribution in [2.75, 3.05) is 5.32 Å². The van der Waals surface area contributed by atoms with E-state index >= 15 is 0 Å². The number of sulfonamides is 1. The number of aromatic hydroxyl groups is 1. The van der Waals surface area contributed by atoms with Crippen LogP contribution in [0.15, 0.2) is 23.1 Å². The molecule has 0 aromatic heterocycles. The number of hydrogen-bond acceptors (Lipinski definition) is 4. The quantitative estimate of drug-likeness (QED) is 0.472. The molecule has 1 amide bonds. The van der Waals surface area contributed by atoms with Crippen molar-refractivity contribution in [2.45, 2.75) is 4.90 Å². The number of carbonyl (C=O) groups excluding carboxylic acids is 1. The van der Waals surface area contributed by atoms with Crippen molar-refractivity contribution in [1.29, 1.82) is 0 Å². The molecule has 1 aromatic rings. The Morgan fingerprint density at radius 1 is 1.43 bits per heavy atom. The van der Waals surface area contributed by atoms with Crippen LogP contribution in [0.1, 0.15) is 0 Å². The third-order valence-corrected chi connectivity index (χ3v) is 2.42. The first kappa shape index (κ1) is 10.5. The van der Waals surface area contributed by atoms with Gasteiger partial charge in [0.1, 0.15) is 5.75 Å². The summed E-state index contributed by atoms with van der Waals surface area (Å²) >= 11 is 0. The fraction of sp³-hybridized carbons (Fsp3) is 0. The highest BCUT2D eigenvalue weighted by molar-refractivity contribution is 7.89. The second-order valence-electron chi connectivity index (χ2n) is 2.49. The molecule has 14 heavy (non-hydrogen) atoms. The summed E-state index contributed by atoms with van der Waals surface area (Å²) in [5, 5.41) is 16.3. The van der Waals surface area contributed by atoms with Gasteiger partial charge in [-0.1, -0.05) is 0 Å². The van der Waals surface area contributed by atoms with Crippen LogP contribution in [0.4, 0.5) is 5.69 Å². The highest BCUT2D eigenvalue weighted by Crippen LogP contribution is 2.25. The smallest absolute Gasteiger partial charge is 0.238 e. The zero-order valence-electron chi connectivity index (χ0n) is 6.97. The Balaban J connectivity index is 3.19. The third kappa shape index (κ3) is 2.21. The summed E-state index contributed by atoms with van der Waals surface area (Å²) < 4.78 is 21.7. The molecule has 0 saturated carbocycles. The van der Waals surface area contributed by atoms with E-state index in [1.165, 1.54) is 12.1 Å². The lowest BCUT2D eigenvalue weighted by Gasteiger charge is -2.03. The lowest BCUT2D eigenvalue weighted by Crippen LogP contribution is -2.12. The van der Waals surface area contributed by atoms with Gasteiger partial charge in [0.15, 0.2) is 0 Å². The number of nitrogens with one attached hydrogen (secondary N) is 1. The first-order valence-corrected chi connectivity index (χ1v) is 5.06. The maximum absolute atomic E-state index is 10.8. The molecule has 0 unspecified atom stereocenters. The van der Waals surface area contributed by atoms with Gasteiger partial charge in [-0.2, -0.15) is 0 Å². The van der Waals surface area contributed by atoms with E-state index in [1.807, 2.05) is 0 Å². The summed E-state index contributed by atoms with van der Waals surface area (Å²) in [7, 11) is -3.83. The summed E-state index contributed by atoms with van der Waals surface area (Å²) in [6, 6.07) is 3.38.